The maximum Gasteiger partial charge on any atom is 0.138 e. The van der Waals surface area contributed by atoms with Gasteiger partial charge in [0.25, 0.3) is 0 Å². The van der Waals surface area contributed by atoms with Crippen LogP contribution >= 0.6 is 39.9 Å². The highest BCUT2D eigenvalue weighted by atomic mass is 79.9. The van der Waals surface area contributed by atoms with Gasteiger partial charge in [-0.3, -0.25) is 4.90 Å². The van der Waals surface area contributed by atoms with Crippen molar-refractivity contribution < 1.29 is 0 Å². The normalized spacial score (nSPS) is 19.3. The number of thiocarbonyl (C=S) groups is 1. The van der Waals surface area contributed by atoms with E-state index in [1.807, 2.05) is 12.9 Å². The van der Waals surface area contributed by atoms with Gasteiger partial charge < -0.3 is 4.90 Å². The lowest BCUT2D eigenvalue weighted by atomic mass is 10.8. The zero-order chi connectivity index (χ0) is 8.85. The first-order chi connectivity index (χ1) is 5.20. The topological polar surface area (TPSA) is 6.48 Å². The number of thioether (sulfide) groups is 1. The fourth-order valence-corrected chi connectivity index (χ4v) is 1.64. The van der Waals surface area contributed by atoms with E-state index in [-0.39, 0.29) is 0 Å². The monoisotopic (exact) mass is 256 g/mol. The van der Waals surface area contributed by atoms with Crippen molar-refractivity contribution in [3.63, 3.8) is 0 Å². The Morgan fingerprint density at radius 2 is 2.00 bits per heavy atom. The van der Waals surface area contributed by atoms with Crippen LogP contribution < -0.4 is 0 Å². The first-order valence-corrected chi connectivity index (χ1v) is 6.12. The van der Waals surface area contributed by atoms with E-state index in [0.29, 0.717) is 0 Å². The second kappa shape index (κ2) is 6.22. The lowest BCUT2D eigenvalue weighted by Gasteiger charge is -2.31. The third-order valence-corrected chi connectivity index (χ3v) is 2.97. The molecule has 0 aromatic rings. The number of halogens is 1. The summed E-state index contributed by atoms with van der Waals surface area (Å²) in [5.41, 5.74) is 0. The molecule has 1 fully saturated rings. The summed E-state index contributed by atoms with van der Waals surface area (Å²) in [5, 5.41) is 0. The van der Waals surface area contributed by atoms with E-state index < -0.39 is 0 Å². The van der Waals surface area contributed by atoms with Gasteiger partial charge in [0.05, 0.1) is 12.5 Å². The summed E-state index contributed by atoms with van der Waals surface area (Å²) in [6.45, 7) is 0.964. The highest BCUT2D eigenvalue weighted by Crippen LogP contribution is 2.14. The van der Waals surface area contributed by atoms with Crippen molar-refractivity contribution in [1.29, 1.82) is 0 Å². The zero-order valence-corrected chi connectivity index (χ0v) is 10.2. The Morgan fingerprint density at radius 3 is 2.36 bits per heavy atom. The van der Waals surface area contributed by atoms with Gasteiger partial charge in [-0.05, 0) is 12.9 Å². The summed E-state index contributed by atoms with van der Waals surface area (Å²) >= 11 is 9.70. The smallest absolute Gasteiger partial charge is 0.138 e. The van der Waals surface area contributed by atoms with E-state index in [9.17, 15) is 0 Å². The number of hydrogen-bond acceptors (Lipinski definition) is 3. The maximum absolute atomic E-state index is 5.04. The van der Waals surface area contributed by atoms with Gasteiger partial charge in [0, 0.05) is 7.05 Å². The summed E-state index contributed by atoms with van der Waals surface area (Å²) < 4.78 is 1.01. The van der Waals surface area contributed by atoms with Crippen LogP contribution in [0.1, 0.15) is 0 Å². The summed E-state index contributed by atoms with van der Waals surface area (Å²) in [5.74, 6) is 2.84. The fraction of sp³-hybridized carbons (Fsp3) is 0.833. The summed E-state index contributed by atoms with van der Waals surface area (Å²) in [6.07, 6.45) is 0. The number of nitrogens with zero attached hydrogens (tertiary/aromatic N) is 2. The van der Waals surface area contributed by atoms with Crippen LogP contribution in [0, 0.1) is 0 Å². The molecule has 1 aliphatic rings. The molecule has 1 saturated heterocycles. The molecule has 5 heteroatoms. The molecule has 0 amide bonds. The van der Waals surface area contributed by atoms with E-state index in [1.54, 1.807) is 11.8 Å². The van der Waals surface area contributed by atoms with Crippen molar-refractivity contribution in [2.45, 2.75) is 0 Å². The lowest BCUT2D eigenvalue weighted by molar-refractivity contribution is 0.278. The van der Waals surface area contributed by atoms with Crippen LogP contribution in [-0.4, -0.2) is 46.6 Å². The third kappa shape index (κ3) is 4.30. The van der Waals surface area contributed by atoms with E-state index in [0.717, 1.165) is 16.9 Å². The van der Waals surface area contributed by atoms with Crippen molar-refractivity contribution in [2.75, 3.05) is 32.5 Å². The van der Waals surface area contributed by atoms with Gasteiger partial charge in [-0.15, -0.1) is 0 Å². The molecule has 1 aliphatic heterocycles. The van der Waals surface area contributed by atoms with E-state index >= 15 is 0 Å². The van der Waals surface area contributed by atoms with Crippen LogP contribution in [0.2, 0.25) is 0 Å². The quantitative estimate of drug-likeness (QED) is 0.482. The van der Waals surface area contributed by atoms with Crippen LogP contribution in [0.15, 0.2) is 0 Å². The first kappa shape index (κ1) is 11.7. The Hall–Kier alpha value is 0.680. The van der Waals surface area contributed by atoms with Gasteiger partial charge in [-0.1, -0.05) is 39.9 Å². The average Bonchev–Trinajstić information content (AvgIpc) is 2.02. The van der Waals surface area contributed by atoms with Crippen LogP contribution in [0.4, 0.5) is 0 Å². The zero-order valence-electron chi connectivity index (χ0n) is 7.00. The molecule has 0 aromatic carbocycles. The highest BCUT2D eigenvalue weighted by Gasteiger charge is 2.13. The van der Waals surface area contributed by atoms with Crippen molar-refractivity contribution >= 4 is 44.2 Å². The Bertz CT molecular complexity index is 132. The molecule has 0 radical (unpaired) electrons. The van der Waals surface area contributed by atoms with Gasteiger partial charge in [0.15, 0.2) is 0 Å². The van der Waals surface area contributed by atoms with E-state index in [1.165, 1.54) is 0 Å². The van der Waals surface area contributed by atoms with Crippen LogP contribution in [0.3, 0.4) is 0 Å². The summed E-state index contributed by atoms with van der Waals surface area (Å²) in [6, 6.07) is 0. The fourth-order valence-electron chi connectivity index (χ4n) is 0.736. The molecule has 0 aromatic heterocycles. The molecule has 66 valence electrons. The molecule has 0 spiro atoms. The molecule has 11 heavy (non-hydrogen) atoms. The molecule has 0 aliphatic carbocycles. The minimum atomic E-state index is 0.964. The van der Waals surface area contributed by atoms with Crippen molar-refractivity contribution in [3.05, 3.63) is 0 Å². The molecule has 0 N–H and O–H groups in total. The minimum Gasteiger partial charge on any atom is -0.348 e. The third-order valence-electron chi connectivity index (χ3n) is 1.17. The molecule has 0 atom stereocenters. The minimum absolute atomic E-state index is 0.964. The maximum atomic E-state index is 5.04. The van der Waals surface area contributed by atoms with Crippen molar-refractivity contribution in [1.82, 2.24) is 9.80 Å². The summed E-state index contributed by atoms with van der Waals surface area (Å²) in [4.78, 5) is 4.30. The van der Waals surface area contributed by atoms with Gasteiger partial charge >= 0.3 is 0 Å². The van der Waals surface area contributed by atoms with E-state index in [2.05, 4.69) is 32.8 Å². The van der Waals surface area contributed by atoms with Crippen LogP contribution in [0.5, 0.6) is 0 Å². The SMILES string of the molecule is CBr.CN1CSC(=S)N(C)C1. The second-order valence-electron chi connectivity index (χ2n) is 2.23. The molecule has 0 unspecified atom stereocenters. The van der Waals surface area contributed by atoms with E-state index in [4.69, 9.17) is 12.2 Å². The van der Waals surface area contributed by atoms with Crippen LogP contribution in [0.25, 0.3) is 0 Å². The highest BCUT2D eigenvalue weighted by molar-refractivity contribution is 9.08. The molecule has 2 nitrogen and oxygen atoms in total. The number of hydrogen-bond donors (Lipinski definition) is 0. The molecule has 1 rings (SSSR count). The Balaban J connectivity index is 0.000000461. The predicted molar refractivity (Wildman–Crippen MR) is 60.3 cm³/mol. The molecular formula is C6H13BrN2S2. The largest absolute Gasteiger partial charge is 0.348 e. The average molecular weight is 257 g/mol. The summed E-state index contributed by atoms with van der Waals surface area (Å²) in [7, 11) is 4.11. The standard InChI is InChI=1S/C5H10N2S2.CH3Br/c1-6-3-7(2)5(8)9-4-6;1-2/h3-4H2,1-2H3;1H3. The van der Waals surface area contributed by atoms with Gasteiger partial charge in [-0.2, -0.15) is 0 Å². The molecular weight excluding hydrogens is 244 g/mol. The van der Waals surface area contributed by atoms with Crippen molar-refractivity contribution in [3.8, 4) is 0 Å². The molecule has 0 saturated carbocycles. The van der Waals surface area contributed by atoms with Crippen LogP contribution in [-0.2, 0) is 0 Å². The lowest BCUT2D eigenvalue weighted by Crippen LogP contribution is -2.40. The van der Waals surface area contributed by atoms with Gasteiger partial charge in [-0.25, -0.2) is 0 Å². The Labute approximate surface area is 86.4 Å². The van der Waals surface area contributed by atoms with Gasteiger partial charge in [0.1, 0.15) is 4.32 Å². The second-order valence-corrected chi connectivity index (χ2v) is 3.81. The molecule has 1 heterocycles. The first-order valence-electron chi connectivity index (χ1n) is 3.14. The van der Waals surface area contributed by atoms with Crippen molar-refractivity contribution in [2.24, 2.45) is 0 Å². The number of alkyl halides is 1. The molecule has 0 bridgehead atoms. The van der Waals surface area contributed by atoms with Gasteiger partial charge in [0.2, 0.25) is 0 Å². The Kier molecular flexibility index (Phi) is 6.61. The predicted octanol–water partition coefficient (Wildman–Crippen LogP) is 1.81. The Morgan fingerprint density at radius 1 is 1.45 bits per heavy atom. The number of rotatable bonds is 0.